The standard InChI is InChI=1S/C24H22F3NO2S/c1-16-13-23(19-7-10-21(11-8-19)24(25,26)27)28(15-17(16)2)31(29,30)22-12-9-18-5-3-4-6-20(18)14-22/h3-12,14,23H,13,15H2,1-2H3/t23-/m1/s1. The van der Waals surface area contributed by atoms with E-state index in [0.29, 0.717) is 12.0 Å². The highest BCUT2D eigenvalue weighted by Gasteiger charge is 2.37. The molecule has 1 aliphatic heterocycles. The van der Waals surface area contributed by atoms with Crippen molar-refractivity contribution in [3.8, 4) is 0 Å². The Kier molecular flexibility index (Phi) is 5.43. The Balaban J connectivity index is 1.77. The monoisotopic (exact) mass is 445 g/mol. The van der Waals surface area contributed by atoms with Crippen LogP contribution in [0.5, 0.6) is 0 Å². The van der Waals surface area contributed by atoms with Gasteiger partial charge in [-0.25, -0.2) is 8.42 Å². The van der Waals surface area contributed by atoms with Gasteiger partial charge in [0.15, 0.2) is 0 Å². The summed E-state index contributed by atoms with van der Waals surface area (Å²) in [6.45, 7) is 4.03. The Hall–Kier alpha value is -2.64. The van der Waals surface area contributed by atoms with Crippen LogP contribution in [0.1, 0.15) is 37.4 Å². The third-order valence-electron chi connectivity index (χ3n) is 5.92. The van der Waals surface area contributed by atoms with Gasteiger partial charge in [-0.1, -0.05) is 53.6 Å². The van der Waals surface area contributed by atoms with Crippen molar-refractivity contribution in [3.63, 3.8) is 0 Å². The molecule has 0 spiro atoms. The summed E-state index contributed by atoms with van der Waals surface area (Å²) < 4.78 is 67.6. The molecule has 1 heterocycles. The molecule has 0 unspecified atom stereocenters. The molecular weight excluding hydrogens is 423 g/mol. The molecule has 0 aromatic heterocycles. The van der Waals surface area contributed by atoms with Gasteiger partial charge in [0.1, 0.15) is 0 Å². The van der Waals surface area contributed by atoms with Crippen LogP contribution in [0.3, 0.4) is 0 Å². The highest BCUT2D eigenvalue weighted by molar-refractivity contribution is 7.89. The summed E-state index contributed by atoms with van der Waals surface area (Å²) >= 11 is 0. The second-order valence-corrected chi connectivity index (χ2v) is 9.85. The number of halogens is 3. The van der Waals surface area contributed by atoms with Crippen molar-refractivity contribution in [1.82, 2.24) is 4.31 Å². The van der Waals surface area contributed by atoms with E-state index in [0.717, 1.165) is 34.1 Å². The third-order valence-corrected chi connectivity index (χ3v) is 7.77. The summed E-state index contributed by atoms with van der Waals surface area (Å²) in [5.41, 5.74) is 1.80. The molecule has 0 saturated carbocycles. The molecule has 1 aliphatic rings. The Morgan fingerprint density at radius 2 is 1.52 bits per heavy atom. The van der Waals surface area contributed by atoms with Crippen LogP contribution in [0.15, 0.2) is 82.8 Å². The van der Waals surface area contributed by atoms with E-state index in [2.05, 4.69) is 0 Å². The first-order valence-corrected chi connectivity index (χ1v) is 11.3. The smallest absolute Gasteiger partial charge is 0.207 e. The second-order valence-electron chi connectivity index (χ2n) is 7.96. The van der Waals surface area contributed by atoms with Gasteiger partial charge in [-0.2, -0.15) is 17.5 Å². The lowest BCUT2D eigenvalue weighted by Gasteiger charge is -2.36. The van der Waals surface area contributed by atoms with Gasteiger partial charge in [-0.05, 0) is 60.9 Å². The summed E-state index contributed by atoms with van der Waals surface area (Å²) in [6, 6.07) is 16.7. The average Bonchev–Trinajstić information content (AvgIpc) is 2.74. The maximum absolute atomic E-state index is 13.6. The molecule has 0 fully saturated rings. The van der Waals surface area contributed by atoms with Crippen LogP contribution in [0.25, 0.3) is 10.8 Å². The minimum Gasteiger partial charge on any atom is -0.207 e. The zero-order chi connectivity index (χ0) is 22.4. The van der Waals surface area contributed by atoms with E-state index in [1.165, 1.54) is 16.4 Å². The fraction of sp³-hybridized carbons (Fsp3) is 0.250. The first-order valence-electron chi connectivity index (χ1n) is 9.90. The van der Waals surface area contributed by atoms with Gasteiger partial charge in [0.05, 0.1) is 16.5 Å². The molecule has 0 radical (unpaired) electrons. The molecule has 3 aromatic rings. The maximum atomic E-state index is 13.6. The van der Waals surface area contributed by atoms with Crippen LogP contribution >= 0.6 is 0 Å². The van der Waals surface area contributed by atoms with Crippen LogP contribution in [0.2, 0.25) is 0 Å². The van der Waals surface area contributed by atoms with E-state index in [4.69, 9.17) is 0 Å². The van der Waals surface area contributed by atoms with E-state index in [1.54, 1.807) is 18.2 Å². The molecule has 162 valence electrons. The highest BCUT2D eigenvalue weighted by Crippen LogP contribution is 2.39. The summed E-state index contributed by atoms with van der Waals surface area (Å²) in [5.74, 6) is 0. The maximum Gasteiger partial charge on any atom is 0.416 e. The van der Waals surface area contributed by atoms with Crippen molar-refractivity contribution < 1.29 is 21.6 Å². The fourth-order valence-corrected chi connectivity index (χ4v) is 5.62. The highest BCUT2D eigenvalue weighted by atomic mass is 32.2. The van der Waals surface area contributed by atoms with Gasteiger partial charge in [0, 0.05) is 6.54 Å². The first-order chi connectivity index (χ1) is 14.6. The summed E-state index contributed by atoms with van der Waals surface area (Å²) in [4.78, 5) is 0.176. The van der Waals surface area contributed by atoms with Gasteiger partial charge >= 0.3 is 6.18 Å². The van der Waals surface area contributed by atoms with Crippen LogP contribution < -0.4 is 0 Å². The topological polar surface area (TPSA) is 37.4 Å². The summed E-state index contributed by atoms with van der Waals surface area (Å²) in [7, 11) is -3.87. The van der Waals surface area contributed by atoms with Crippen molar-refractivity contribution in [2.75, 3.05) is 6.54 Å². The second kappa shape index (κ2) is 7.80. The van der Waals surface area contributed by atoms with Crippen molar-refractivity contribution in [2.45, 2.75) is 37.4 Å². The molecule has 0 amide bonds. The lowest BCUT2D eigenvalue weighted by atomic mass is 9.92. The number of benzene rings is 3. The van der Waals surface area contributed by atoms with Crippen LogP contribution in [-0.4, -0.2) is 19.3 Å². The molecule has 4 rings (SSSR count). The Morgan fingerprint density at radius 1 is 0.871 bits per heavy atom. The Bertz CT molecular complexity index is 1260. The SMILES string of the molecule is CC1=C(C)CN(S(=O)(=O)c2ccc3ccccc3c2)[C@@H](c2ccc(C(F)(F)F)cc2)C1. The molecule has 1 atom stereocenters. The zero-order valence-corrected chi connectivity index (χ0v) is 18.0. The van der Waals surface area contributed by atoms with E-state index in [1.807, 2.05) is 38.1 Å². The van der Waals surface area contributed by atoms with E-state index < -0.39 is 27.8 Å². The molecule has 3 nitrogen and oxygen atoms in total. The van der Waals surface area contributed by atoms with Crippen molar-refractivity contribution in [3.05, 3.63) is 89.0 Å². The lowest BCUT2D eigenvalue weighted by molar-refractivity contribution is -0.137. The minimum atomic E-state index is -4.44. The van der Waals surface area contributed by atoms with E-state index >= 15 is 0 Å². The quantitative estimate of drug-likeness (QED) is 0.442. The van der Waals surface area contributed by atoms with E-state index in [-0.39, 0.29) is 11.4 Å². The lowest BCUT2D eigenvalue weighted by Crippen LogP contribution is -2.39. The van der Waals surface area contributed by atoms with Gasteiger partial charge in [-0.3, -0.25) is 0 Å². The Morgan fingerprint density at radius 3 is 2.16 bits per heavy atom. The number of sulfonamides is 1. The molecule has 0 aliphatic carbocycles. The number of rotatable bonds is 3. The van der Waals surface area contributed by atoms with Gasteiger partial charge in [0.25, 0.3) is 0 Å². The number of nitrogens with zero attached hydrogens (tertiary/aromatic N) is 1. The fourth-order valence-electron chi connectivity index (χ4n) is 3.94. The summed E-state index contributed by atoms with van der Waals surface area (Å²) in [5, 5.41) is 1.75. The third kappa shape index (κ3) is 4.12. The van der Waals surface area contributed by atoms with Crippen LogP contribution in [0.4, 0.5) is 13.2 Å². The van der Waals surface area contributed by atoms with Crippen molar-refractivity contribution in [2.24, 2.45) is 0 Å². The molecule has 7 heteroatoms. The summed E-state index contributed by atoms with van der Waals surface area (Å²) in [6.07, 6.45) is -4.00. The molecule has 0 N–H and O–H groups in total. The number of hydrogen-bond donors (Lipinski definition) is 0. The average molecular weight is 446 g/mol. The van der Waals surface area contributed by atoms with Gasteiger partial charge in [-0.15, -0.1) is 0 Å². The number of fused-ring (bicyclic) bond motifs is 1. The van der Waals surface area contributed by atoms with Crippen molar-refractivity contribution >= 4 is 20.8 Å². The number of alkyl halides is 3. The van der Waals surface area contributed by atoms with E-state index in [9.17, 15) is 21.6 Å². The molecular formula is C24H22F3NO2S. The zero-order valence-electron chi connectivity index (χ0n) is 17.1. The minimum absolute atomic E-state index is 0.176. The molecule has 0 bridgehead atoms. The predicted octanol–water partition coefficient (Wildman–Crippen LogP) is 6.33. The molecule has 3 aromatic carbocycles. The normalized spacial score (nSPS) is 18.5. The first kappa shape index (κ1) is 21.6. The van der Waals surface area contributed by atoms with Gasteiger partial charge in [0.2, 0.25) is 10.0 Å². The number of hydrogen-bond acceptors (Lipinski definition) is 2. The largest absolute Gasteiger partial charge is 0.416 e. The Labute approximate surface area is 179 Å². The van der Waals surface area contributed by atoms with Crippen LogP contribution in [0, 0.1) is 0 Å². The molecule has 0 saturated heterocycles. The van der Waals surface area contributed by atoms with Crippen molar-refractivity contribution in [1.29, 1.82) is 0 Å². The predicted molar refractivity (Wildman–Crippen MR) is 115 cm³/mol. The van der Waals surface area contributed by atoms with Crippen LogP contribution in [-0.2, 0) is 16.2 Å². The molecule has 31 heavy (non-hydrogen) atoms. The van der Waals surface area contributed by atoms with Gasteiger partial charge < -0.3 is 0 Å².